The Kier molecular flexibility index (Phi) is 7.58. The van der Waals surface area contributed by atoms with E-state index >= 15 is 0 Å². The topological polar surface area (TPSA) is 156 Å². The minimum Gasteiger partial charge on any atom is -0.393 e. The first-order chi connectivity index (χ1) is 18.1. The van der Waals surface area contributed by atoms with E-state index in [1.54, 1.807) is 4.57 Å². The van der Waals surface area contributed by atoms with E-state index in [1.807, 2.05) is 0 Å². The predicted molar refractivity (Wildman–Crippen MR) is 127 cm³/mol. The van der Waals surface area contributed by atoms with E-state index in [9.17, 15) is 32.6 Å². The van der Waals surface area contributed by atoms with Crippen LogP contribution in [0.25, 0.3) is 11.2 Å². The van der Waals surface area contributed by atoms with Gasteiger partial charge in [0.15, 0.2) is 17.3 Å². The van der Waals surface area contributed by atoms with Crippen molar-refractivity contribution in [3.8, 4) is 0 Å². The minimum atomic E-state index is -4.96. The number of nitrogens with zero attached hydrogens (tertiary/aromatic N) is 5. The number of imidazole rings is 1. The summed E-state index contributed by atoms with van der Waals surface area (Å²) in [5.74, 6) is -3.40. The number of aliphatic hydroxyl groups is 1. The molecule has 3 aromatic rings. The third kappa shape index (κ3) is 5.77. The number of anilines is 1. The lowest BCUT2D eigenvalue weighted by Gasteiger charge is -2.26. The Hall–Kier alpha value is -2.81. The average Bonchev–Trinajstić information content (AvgIpc) is 3.46. The first-order valence-corrected chi connectivity index (χ1v) is 13.5. The normalized spacial score (nSPS) is 22.9. The van der Waals surface area contributed by atoms with Crippen LogP contribution in [0.1, 0.15) is 38.1 Å². The van der Waals surface area contributed by atoms with Crippen LogP contribution in [0.15, 0.2) is 23.3 Å². The third-order valence-corrected chi connectivity index (χ3v) is 7.03. The predicted octanol–water partition coefficient (Wildman–Crippen LogP) is 2.63. The molecule has 1 saturated heterocycles. The van der Waals surface area contributed by atoms with E-state index in [0.717, 1.165) is 0 Å². The van der Waals surface area contributed by atoms with Crippen LogP contribution in [0.4, 0.5) is 24.8 Å². The van der Waals surface area contributed by atoms with Crippen LogP contribution < -0.4 is 10.9 Å². The summed E-state index contributed by atoms with van der Waals surface area (Å²) in [5, 5.41) is 13.0. The summed E-state index contributed by atoms with van der Waals surface area (Å²) >= 11 is 0. The zero-order valence-corrected chi connectivity index (χ0v) is 20.9. The molecule has 4 N–H and O–H groups in total. The van der Waals surface area contributed by atoms with Gasteiger partial charge in [0.2, 0.25) is 11.6 Å². The summed E-state index contributed by atoms with van der Waals surface area (Å²) < 4.78 is 67.1. The van der Waals surface area contributed by atoms with Crippen molar-refractivity contribution in [2.24, 2.45) is 4.99 Å². The first-order valence-electron chi connectivity index (χ1n) is 12.0. The molecule has 5 rings (SSSR count). The monoisotopic (exact) mass is 558 g/mol. The van der Waals surface area contributed by atoms with Crippen molar-refractivity contribution in [2.75, 3.05) is 18.5 Å². The summed E-state index contributed by atoms with van der Waals surface area (Å²) in [6.45, 7) is -0.142. The molecule has 1 aliphatic carbocycles. The molecule has 38 heavy (non-hydrogen) atoms. The molecule has 12 nitrogen and oxygen atoms in total. The Bertz CT molecular complexity index is 1420. The Morgan fingerprint density at radius 1 is 1.16 bits per heavy atom. The summed E-state index contributed by atoms with van der Waals surface area (Å²) in [6, 6.07) is 0.581. The van der Waals surface area contributed by atoms with Crippen molar-refractivity contribution in [1.29, 1.82) is 0 Å². The number of hydrogen-bond donors (Lipinski definition) is 4. The molecule has 0 spiro atoms. The fraction of sp³-hybridized carbons (Fsp3) is 0.500. The van der Waals surface area contributed by atoms with E-state index < -0.39 is 43.7 Å². The van der Waals surface area contributed by atoms with Gasteiger partial charge in [0.05, 0.1) is 24.9 Å². The fourth-order valence-electron chi connectivity index (χ4n) is 4.72. The molecule has 2 aromatic heterocycles. The van der Waals surface area contributed by atoms with Gasteiger partial charge in [0.1, 0.15) is 23.8 Å². The van der Waals surface area contributed by atoms with E-state index in [4.69, 9.17) is 9.26 Å². The van der Waals surface area contributed by atoms with Crippen molar-refractivity contribution in [1.82, 2.24) is 19.1 Å². The molecule has 0 radical (unpaired) electrons. The summed E-state index contributed by atoms with van der Waals surface area (Å²) in [4.78, 5) is 31.7. The Morgan fingerprint density at radius 3 is 2.50 bits per heavy atom. The van der Waals surface area contributed by atoms with Crippen LogP contribution in [0, 0.1) is 17.5 Å². The second-order valence-electron chi connectivity index (χ2n) is 9.25. The number of phosphoric ester groups is 1. The Balaban J connectivity index is 1.69. The van der Waals surface area contributed by atoms with Gasteiger partial charge in [-0.15, -0.1) is 0 Å². The standard InChI is InChI=1S/C22H26F3N6O6P/c23-12-7-16(24)19(17(25)8-12)28-22-30(11-37-38(33,34)35)18-9-26-21(27-13-1-3-15(32)4-2-13)29-20(18)31(22)14-5-6-36-10-14/h7-9,13-15,32H,1-6,10-11H2,(H,26,27,29)(H2,33,34,35)/t13?,14-,15?/m0/s1. The fourth-order valence-corrected chi connectivity index (χ4v) is 4.98. The first kappa shape index (κ1) is 26.8. The second-order valence-corrected chi connectivity index (χ2v) is 10.5. The van der Waals surface area contributed by atoms with Gasteiger partial charge in [-0.05, 0) is 32.1 Å². The summed E-state index contributed by atoms with van der Waals surface area (Å²) in [6.07, 6.45) is 4.21. The van der Waals surface area contributed by atoms with E-state index in [1.165, 1.54) is 10.8 Å². The lowest BCUT2D eigenvalue weighted by atomic mass is 9.93. The summed E-state index contributed by atoms with van der Waals surface area (Å²) in [5.41, 5.74) is -0.478. The van der Waals surface area contributed by atoms with Crippen molar-refractivity contribution >= 4 is 30.6 Å². The number of phosphoric acid groups is 1. The highest BCUT2D eigenvalue weighted by molar-refractivity contribution is 7.46. The maximum Gasteiger partial charge on any atom is 0.471 e. The number of hydrogen-bond acceptors (Lipinski definition) is 8. The van der Waals surface area contributed by atoms with Crippen LogP contribution in [0.3, 0.4) is 0 Å². The smallest absolute Gasteiger partial charge is 0.393 e. The lowest BCUT2D eigenvalue weighted by molar-refractivity contribution is 0.126. The maximum atomic E-state index is 14.6. The average molecular weight is 558 g/mol. The highest BCUT2D eigenvalue weighted by Gasteiger charge is 2.27. The molecule has 2 fully saturated rings. The molecule has 206 valence electrons. The second kappa shape index (κ2) is 10.8. The molecule has 3 heterocycles. The minimum absolute atomic E-state index is 0.0192. The number of nitrogens with one attached hydrogen (secondary N) is 1. The quantitative estimate of drug-likeness (QED) is 0.320. The van der Waals surface area contributed by atoms with E-state index in [2.05, 4.69) is 20.3 Å². The van der Waals surface area contributed by atoms with Crippen LogP contribution in [0.5, 0.6) is 0 Å². The van der Waals surface area contributed by atoms with Crippen LogP contribution in [-0.4, -0.2) is 59.4 Å². The molecule has 2 aliphatic rings. The SMILES string of the molecule is O=P(O)(O)OCn1c(=Nc2c(F)cc(F)cc2F)n([C@H]2CCOC2)c2nc(NC3CCC(O)CC3)ncc21. The number of benzene rings is 1. The molecule has 1 aromatic carbocycles. The van der Waals surface area contributed by atoms with E-state index in [-0.39, 0.29) is 41.5 Å². The molecule has 1 aliphatic heterocycles. The molecule has 1 saturated carbocycles. The Labute approximate surface area is 214 Å². The number of rotatable bonds is 7. The molecule has 16 heteroatoms. The van der Waals surface area contributed by atoms with E-state index in [0.29, 0.717) is 50.8 Å². The third-order valence-electron chi connectivity index (χ3n) is 6.58. The highest BCUT2D eigenvalue weighted by atomic mass is 31.2. The van der Waals surface area contributed by atoms with Crippen molar-refractivity contribution < 1.29 is 41.9 Å². The van der Waals surface area contributed by atoms with Crippen LogP contribution >= 0.6 is 7.82 Å². The number of aromatic nitrogens is 4. The van der Waals surface area contributed by atoms with Crippen molar-refractivity contribution in [2.45, 2.75) is 57.0 Å². The van der Waals surface area contributed by atoms with Crippen molar-refractivity contribution in [3.63, 3.8) is 0 Å². The maximum absolute atomic E-state index is 14.6. The largest absolute Gasteiger partial charge is 0.471 e. The number of aliphatic hydroxyl groups excluding tert-OH is 1. The molecule has 0 unspecified atom stereocenters. The highest BCUT2D eigenvalue weighted by Crippen LogP contribution is 2.36. The van der Waals surface area contributed by atoms with Gasteiger partial charge >= 0.3 is 7.82 Å². The molecule has 1 atom stereocenters. The molecule has 0 bridgehead atoms. The Morgan fingerprint density at radius 2 is 1.87 bits per heavy atom. The number of ether oxygens (including phenoxy) is 1. The van der Waals surface area contributed by atoms with Gasteiger partial charge < -0.3 is 24.9 Å². The van der Waals surface area contributed by atoms with Gasteiger partial charge in [-0.3, -0.25) is 13.7 Å². The van der Waals surface area contributed by atoms with Gasteiger partial charge in [0, 0.05) is 24.8 Å². The van der Waals surface area contributed by atoms with Gasteiger partial charge in [0.25, 0.3) is 0 Å². The van der Waals surface area contributed by atoms with Gasteiger partial charge in [-0.2, -0.15) is 4.98 Å². The molecular formula is C22H26F3N6O6P. The van der Waals surface area contributed by atoms with Crippen LogP contribution in [-0.2, 0) is 20.6 Å². The summed E-state index contributed by atoms with van der Waals surface area (Å²) in [7, 11) is -4.96. The molecular weight excluding hydrogens is 532 g/mol. The number of halogens is 3. The molecule has 0 amide bonds. The zero-order chi connectivity index (χ0) is 27.0. The zero-order valence-electron chi connectivity index (χ0n) is 20.0. The van der Waals surface area contributed by atoms with Crippen molar-refractivity contribution in [3.05, 3.63) is 41.4 Å². The number of fused-ring (bicyclic) bond motifs is 1. The van der Waals surface area contributed by atoms with Crippen LogP contribution in [0.2, 0.25) is 0 Å². The van der Waals surface area contributed by atoms with Gasteiger partial charge in [-0.1, -0.05) is 0 Å². The van der Waals surface area contributed by atoms with Gasteiger partial charge in [-0.25, -0.2) is 27.7 Å². The lowest BCUT2D eigenvalue weighted by Crippen LogP contribution is -2.30.